The van der Waals surface area contributed by atoms with E-state index in [9.17, 15) is 4.79 Å². The maximum absolute atomic E-state index is 12.4. The number of unbranched alkanes of at least 4 members (excludes halogenated alkanes) is 1. The molecule has 0 spiro atoms. The zero-order chi connectivity index (χ0) is 20.6. The third-order valence-electron chi connectivity index (χ3n) is 5.16. The monoisotopic (exact) mass is 398 g/mol. The van der Waals surface area contributed by atoms with Crippen molar-refractivity contribution in [3.63, 3.8) is 0 Å². The average Bonchev–Trinajstić information content (AvgIpc) is 2.74. The lowest BCUT2D eigenvalue weighted by molar-refractivity contribution is -0.237. The Balaban J connectivity index is 1.56. The third-order valence-corrected chi connectivity index (χ3v) is 5.16. The summed E-state index contributed by atoms with van der Waals surface area (Å²) < 4.78 is 22.8. The van der Waals surface area contributed by atoms with Crippen LogP contribution in [0.5, 0.6) is 11.5 Å². The first kappa shape index (κ1) is 21.3. The van der Waals surface area contributed by atoms with Gasteiger partial charge in [-0.15, -0.1) is 0 Å². The fraction of sp³-hybridized carbons (Fsp3) is 0.458. The average molecular weight is 398 g/mol. The highest BCUT2D eigenvalue weighted by Gasteiger charge is 2.29. The summed E-state index contributed by atoms with van der Waals surface area (Å²) in [7, 11) is 0. The summed E-state index contributed by atoms with van der Waals surface area (Å²) in [6.45, 7) is 7.52. The Labute approximate surface area is 172 Å². The number of benzene rings is 2. The normalized spacial score (nSPS) is 21.6. The van der Waals surface area contributed by atoms with Gasteiger partial charge in [-0.05, 0) is 56.7 Å². The van der Waals surface area contributed by atoms with Crippen molar-refractivity contribution >= 4 is 5.97 Å². The number of hydrogen-bond acceptors (Lipinski definition) is 5. The SMILES string of the molecule is CCCCC1COC(c2ccc(C(=O)Oc3ccc(OCC)cc3)cc2)OC1C. The predicted molar refractivity (Wildman–Crippen MR) is 111 cm³/mol. The number of esters is 1. The Morgan fingerprint density at radius 3 is 2.34 bits per heavy atom. The molecule has 29 heavy (non-hydrogen) atoms. The van der Waals surface area contributed by atoms with Crippen molar-refractivity contribution in [2.24, 2.45) is 5.92 Å². The largest absolute Gasteiger partial charge is 0.494 e. The number of rotatable bonds is 8. The van der Waals surface area contributed by atoms with Gasteiger partial charge in [-0.3, -0.25) is 0 Å². The summed E-state index contributed by atoms with van der Waals surface area (Å²) in [5.74, 6) is 1.26. The van der Waals surface area contributed by atoms with E-state index in [4.69, 9.17) is 18.9 Å². The van der Waals surface area contributed by atoms with Crippen LogP contribution in [0.2, 0.25) is 0 Å². The molecule has 5 nitrogen and oxygen atoms in total. The molecular weight excluding hydrogens is 368 g/mol. The summed E-state index contributed by atoms with van der Waals surface area (Å²) in [4.78, 5) is 12.4. The molecule has 0 aliphatic carbocycles. The van der Waals surface area contributed by atoms with Crippen LogP contribution in [-0.2, 0) is 9.47 Å². The molecule has 1 saturated heterocycles. The van der Waals surface area contributed by atoms with E-state index in [-0.39, 0.29) is 12.4 Å². The second-order valence-electron chi connectivity index (χ2n) is 7.32. The van der Waals surface area contributed by atoms with Crippen molar-refractivity contribution in [3.8, 4) is 11.5 Å². The first-order chi connectivity index (χ1) is 14.1. The predicted octanol–water partition coefficient (Wildman–Crippen LogP) is 5.54. The standard InChI is InChI=1S/C24H30O5/c1-4-6-7-20-16-27-24(28-17(20)3)19-10-8-18(9-11-19)23(25)29-22-14-12-21(13-15-22)26-5-2/h8-15,17,20,24H,4-7,16H2,1-3H3. The summed E-state index contributed by atoms with van der Waals surface area (Å²) in [5, 5.41) is 0. The number of ether oxygens (including phenoxy) is 4. The Morgan fingerprint density at radius 2 is 1.72 bits per heavy atom. The molecule has 0 aromatic heterocycles. The molecule has 5 heteroatoms. The molecule has 1 aliphatic rings. The van der Waals surface area contributed by atoms with Crippen molar-refractivity contribution in [1.82, 2.24) is 0 Å². The molecule has 2 aromatic carbocycles. The number of carbonyl (C=O) groups excluding carboxylic acids is 1. The van der Waals surface area contributed by atoms with Crippen LogP contribution in [-0.4, -0.2) is 25.3 Å². The molecule has 0 N–H and O–H groups in total. The quantitative estimate of drug-likeness (QED) is 0.431. The first-order valence-electron chi connectivity index (χ1n) is 10.4. The minimum atomic E-state index is -0.404. The molecule has 3 unspecified atom stereocenters. The Bertz CT molecular complexity index is 769. The van der Waals surface area contributed by atoms with Crippen LogP contribution in [0.25, 0.3) is 0 Å². The second kappa shape index (κ2) is 10.4. The summed E-state index contributed by atoms with van der Waals surface area (Å²) in [5.41, 5.74) is 1.38. The van der Waals surface area contributed by atoms with Crippen LogP contribution < -0.4 is 9.47 Å². The lowest BCUT2D eigenvalue weighted by Gasteiger charge is -2.35. The molecule has 156 valence electrons. The highest BCUT2D eigenvalue weighted by Crippen LogP contribution is 2.31. The molecule has 1 heterocycles. The minimum Gasteiger partial charge on any atom is -0.494 e. The molecule has 0 amide bonds. The fourth-order valence-corrected chi connectivity index (χ4v) is 3.36. The van der Waals surface area contributed by atoms with Crippen LogP contribution in [0.15, 0.2) is 48.5 Å². The smallest absolute Gasteiger partial charge is 0.343 e. The first-order valence-corrected chi connectivity index (χ1v) is 10.4. The van der Waals surface area contributed by atoms with Crippen molar-refractivity contribution in [2.45, 2.75) is 52.4 Å². The second-order valence-corrected chi connectivity index (χ2v) is 7.32. The number of hydrogen-bond donors (Lipinski definition) is 0. The highest BCUT2D eigenvalue weighted by atomic mass is 16.7. The molecule has 0 saturated carbocycles. The zero-order valence-electron chi connectivity index (χ0n) is 17.4. The van der Waals surface area contributed by atoms with E-state index in [1.807, 2.05) is 19.1 Å². The third kappa shape index (κ3) is 5.81. The molecule has 1 fully saturated rings. The van der Waals surface area contributed by atoms with Crippen LogP contribution in [0.1, 0.15) is 62.2 Å². The van der Waals surface area contributed by atoms with Gasteiger partial charge in [-0.25, -0.2) is 4.79 Å². The Hall–Kier alpha value is -2.37. The van der Waals surface area contributed by atoms with Crippen molar-refractivity contribution in [1.29, 1.82) is 0 Å². The highest BCUT2D eigenvalue weighted by molar-refractivity contribution is 5.91. The van der Waals surface area contributed by atoms with E-state index < -0.39 is 5.97 Å². The van der Waals surface area contributed by atoms with Crippen molar-refractivity contribution in [3.05, 3.63) is 59.7 Å². The molecule has 2 aromatic rings. The molecule has 1 aliphatic heterocycles. The van der Waals surface area contributed by atoms with Gasteiger partial charge in [-0.2, -0.15) is 0 Å². The van der Waals surface area contributed by atoms with Gasteiger partial charge in [0.1, 0.15) is 11.5 Å². The van der Waals surface area contributed by atoms with Gasteiger partial charge in [0.25, 0.3) is 0 Å². The summed E-state index contributed by atoms with van der Waals surface area (Å²) in [6, 6.07) is 14.2. The topological polar surface area (TPSA) is 54.0 Å². The maximum atomic E-state index is 12.4. The van der Waals surface area contributed by atoms with Gasteiger partial charge >= 0.3 is 5.97 Å². The molecule has 3 atom stereocenters. The Morgan fingerprint density at radius 1 is 1.03 bits per heavy atom. The number of carbonyl (C=O) groups is 1. The van der Waals surface area contributed by atoms with Gasteiger partial charge in [-0.1, -0.05) is 31.9 Å². The van der Waals surface area contributed by atoms with Crippen LogP contribution in [0.4, 0.5) is 0 Å². The summed E-state index contributed by atoms with van der Waals surface area (Å²) in [6.07, 6.45) is 3.27. The Kier molecular flexibility index (Phi) is 7.67. The van der Waals surface area contributed by atoms with Gasteiger partial charge in [0.2, 0.25) is 0 Å². The molecular formula is C24H30O5. The summed E-state index contributed by atoms with van der Waals surface area (Å²) >= 11 is 0. The van der Waals surface area contributed by atoms with Crippen molar-refractivity contribution in [2.75, 3.05) is 13.2 Å². The van der Waals surface area contributed by atoms with E-state index in [1.165, 1.54) is 12.8 Å². The zero-order valence-corrected chi connectivity index (χ0v) is 17.4. The molecule has 0 radical (unpaired) electrons. The van der Waals surface area contributed by atoms with E-state index in [2.05, 4.69) is 13.8 Å². The van der Waals surface area contributed by atoms with E-state index >= 15 is 0 Å². The molecule has 0 bridgehead atoms. The van der Waals surface area contributed by atoms with E-state index in [1.54, 1.807) is 36.4 Å². The van der Waals surface area contributed by atoms with Gasteiger partial charge in [0.05, 0.1) is 24.9 Å². The fourth-order valence-electron chi connectivity index (χ4n) is 3.36. The van der Waals surface area contributed by atoms with Crippen LogP contribution in [0.3, 0.4) is 0 Å². The van der Waals surface area contributed by atoms with E-state index in [0.29, 0.717) is 30.4 Å². The van der Waals surface area contributed by atoms with Gasteiger partial charge in [0, 0.05) is 11.5 Å². The lowest BCUT2D eigenvalue weighted by atomic mass is 9.96. The van der Waals surface area contributed by atoms with Crippen LogP contribution >= 0.6 is 0 Å². The van der Waals surface area contributed by atoms with Gasteiger partial charge < -0.3 is 18.9 Å². The van der Waals surface area contributed by atoms with Crippen LogP contribution in [0, 0.1) is 5.92 Å². The maximum Gasteiger partial charge on any atom is 0.343 e. The van der Waals surface area contributed by atoms with Gasteiger partial charge in [0.15, 0.2) is 6.29 Å². The minimum absolute atomic E-state index is 0.157. The van der Waals surface area contributed by atoms with Crippen molar-refractivity contribution < 1.29 is 23.7 Å². The van der Waals surface area contributed by atoms with E-state index in [0.717, 1.165) is 17.7 Å². The molecule has 3 rings (SSSR count). The lowest BCUT2D eigenvalue weighted by Crippen LogP contribution is -2.34.